The van der Waals surface area contributed by atoms with Crippen LogP contribution in [0.5, 0.6) is 5.88 Å². The summed E-state index contributed by atoms with van der Waals surface area (Å²) in [7, 11) is 0. The van der Waals surface area contributed by atoms with Crippen molar-refractivity contribution >= 4 is 5.78 Å². The molecule has 13 heavy (non-hydrogen) atoms. The lowest BCUT2D eigenvalue weighted by atomic mass is 10.2. The summed E-state index contributed by atoms with van der Waals surface area (Å²) < 4.78 is 0. The number of Topliss-reactive ketones (excluding diaryl/α,β-unsaturated/α-hetero) is 1. The van der Waals surface area contributed by atoms with Crippen LogP contribution in [0.25, 0.3) is 0 Å². The second kappa shape index (κ2) is 3.26. The van der Waals surface area contributed by atoms with Crippen molar-refractivity contribution in [1.29, 1.82) is 0 Å². The lowest BCUT2D eigenvalue weighted by Gasteiger charge is -1.98. The highest BCUT2D eigenvalue weighted by molar-refractivity contribution is 5.97. The molecule has 0 aliphatic carbocycles. The van der Waals surface area contributed by atoms with Crippen LogP contribution >= 0.6 is 0 Å². The van der Waals surface area contributed by atoms with Gasteiger partial charge in [-0.15, -0.1) is 0 Å². The molecule has 0 bridgehead atoms. The molecule has 1 heterocycles. The van der Waals surface area contributed by atoms with Crippen molar-refractivity contribution in [2.24, 2.45) is 0 Å². The number of rotatable bonds is 2. The molecule has 0 spiro atoms. The van der Waals surface area contributed by atoms with Crippen LogP contribution < -0.4 is 11.2 Å². The molecule has 0 aromatic carbocycles. The number of hydrogen-bond acceptors (Lipinski definition) is 4. The summed E-state index contributed by atoms with van der Waals surface area (Å²) in [6, 6.07) is 0. The van der Waals surface area contributed by atoms with Crippen LogP contribution in [0.3, 0.4) is 0 Å². The van der Waals surface area contributed by atoms with Crippen LogP contribution in [0, 0.1) is 0 Å². The van der Waals surface area contributed by atoms with E-state index in [4.69, 9.17) is 5.11 Å². The standard InChI is InChI=1S/C7H8N2O4/c1-2-3(10)4-5(11)8-7(13)9-6(4)12/h2H2,1H3,(H3,8,9,11,12,13). The van der Waals surface area contributed by atoms with Gasteiger partial charge in [0.1, 0.15) is 5.56 Å². The Morgan fingerprint density at radius 1 is 1.38 bits per heavy atom. The van der Waals surface area contributed by atoms with E-state index in [-0.39, 0.29) is 6.42 Å². The van der Waals surface area contributed by atoms with E-state index in [0.717, 1.165) is 0 Å². The number of nitrogens with one attached hydrogen (secondary N) is 2. The van der Waals surface area contributed by atoms with Crippen molar-refractivity contribution in [2.45, 2.75) is 13.3 Å². The van der Waals surface area contributed by atoms with E-state index in [9.17, 15) is 14.4 Å². The highest BCUT2D eigenvalue weighted by atomic mass is 16.3. The van der Waals surface area contributed by atoms with Crippen molar-refractivity contribution in [1.82, 2.24) is 9.97 Å². The highest BCUT2D eigenvalue weighted by Gasteiger charge is 2.14. The molecule has 0 saturated heterocycles. The van der Waals surface area contributed by atoms with Gasteiger partial charge in [-0.1, -0.05) is 6.92 Å². The predicted molar refractivity (Wildman–Crippen MR) is 44.0 cm³/mol. The van der Waals surface area contributed by atoms with E-state index in [0.29, 0.717) is 0 Å². The molecule has 3 N–H and O–H groups in total. The van der Waals surface area contributed by atoms with Gasteiger partial charge < -0.3 is 5.11 Å². The molecule has 0 unspecified atom stereocenters. The van der Waals surface area contributed by atoms with Crippen molar-refractivity contribution in [3.63, 3.8) is 0 Å². The number of carbonyl (C=O) groups is 1. The summed E-state index contributed by atoms with van der Waals surface area (Å²) >= 11 is 0. The Hall–Kier alpha value is -1.85. The zero-order valence-corrected chi connectivity index (χ0v) is 6.88. The van der Waals surface area contributed by atoms with Crippen molar-refractivity contribution in [2.75, 3.05) is 0 Å². The molecular formula is C7H8N2O4. The minimum atomic E-state index is -0.867. The van der Waals surface area contributed by atoms with E-state index in [1.807, 2.05) is 9.97 Å². The Bertz CT molecular complexity index is 443. The smallest absolute Gasteiger partial charge is 0.328 e. The zero-order valence-electron chi connectivity index (χ0n) is 6.88. The first-order valence-electron chi connectivity index (χ1n) is 3.65. The molecule has 1 aromatic heterocycles. The molecule has 0 amide bonds. The van der Waals surface area contributed by atoms with Crippen LogP contribution in [0.2, 0.25) is 0 Å². The number of ketones is 1. The fraction of sp³-hybridized carbons (Fsp3) is 0.286. The third-order valence-electron chi connectivity index (χ3n) is 1.52. The van der Waals surface area contributed by atoms with E-state index >= 15 is 0 Å². The number of H-pyrrole nitrogens is 2. The molecule has 1 aromatic rings. The van der Waals surface area contributed by atoms with Crippen LogP contribution in [0.4, 0.5) is 0 Å². The van der Waals surface area contributed by atoms with Gasteiger partial charge in [0, 0.05) is 6.42 Å². The molecule has 0 aliphatic rings. The van der Waals surface area contributed by atoms with Gasteiger partial charge in [-0.25, -0.2) is 4.79 Å². The Morgan fingerprint density at radius 3 is 2.46 bits per heavy atom. The van der Waals surface area contributed by atoms with Crippen molar-refractivity contribution in [3.8, 4) is 5.88 Å². The van der Waals surface area contributed by atoms with E-state index in [1.165, 1.54) is 0 Å². The highest BCUT2D eigenvalue weighted by Crippen LogP contribution is 2.06. The quantitative estimate of drug-likeness (QED) is 0.532. The summed E-state index contributed by atoms with van der Waals surface area (Å²) in [6.07, 6.45) is 0.0860. The summed E-state index contributed by atoms with van der Waals surface area (Å²) in [5, 5.41) is 9.08. The van der Waals surface area contributed by atoms with E-state index in [1.54, 1.807) is 6.92 Å². The first-order valence-corrected chi connectivity index (χ1v) is 3.65. The second-order valence-electron chi connectivity index (χ2n) is 2.41. The Balaban J connectivity index is 3.46. The number of hydrogen-bond donors (Lipinski definition) is 3. The lowest BCUT2D eigenvalue weighted by molar-refractivity contribution is 0.0983. The molecule has 6 nitrogen and oxygen atoms in total. The Morgan fingerprint density at radius 2 is 2.00 bits per heavy atom. The van der Waals surface area contributed by atoms with Gasteiger partial charge in [-0.3, -0.25) is 19.6 Å². The summed E-state index contributed by atoms with van der Waals surface area (Å²) in [6.45, 7) is 1.55. The molecule has 6 heteroatoms. The Kier molecular flexibility index (Phi) is 2.32. The molecule has 0 radical (unpaired) electrons. The molecular weight excluding hydrogens is 176 g/mol. The van der Waals surface area contributed by atoms with Gasteiger partial charge in [0.25, 0.3) is 5.56 Å². The van der Waals surface area contributed by atoms with E-state index in [2.05, 4.69) is 0 Å². The second-order valence-corrected chi connectivity index (χ2v) is 2.41. The largest absolute Gasteiger partial charge is 0.494 e. The molecule has 70 valence electrons. The molecule has 0 fully saturated rings. The number of aromatic nitrogens is 2. The van der Waals surface area contributed by atoms with Crippen LogP contribution in [0.15, 0.2) is 9.59 Å². The molecule has 0 aliphatic heterocycles. The summed E-state index contributed by atoms with van der Waals surface area (Å²) in [4.78, 5) is 36.4. The monoisotopic (exact) mass is 184 g/mol. The zero-order chi connectivity index (χ0) is 10.0. The number of carbonyl (C=O) groups excluding carboxylic acids is 1. The van der Waals surface area contributed by atoms with Crippen LogP contribution in [0.1, 0.15) is 23.7 Å². The fourth-order valence-electron chi connectivity index (χ4n) is 0.910. The van der Waals surface area contributed by atoms with Gasteiger partial charge in [0.2, 0.25) is 5.88 Å². The van der Waals surface area contributed by atoms with Gasteiger partial charge in [0.15, 0.2) is 5.78 Å². The summed E-state index contributed by atoms with van der Waals surface area (Å²) in [5.74, 6) is -1.20. The van der Waals surface area contributed by atoms with Gasteiger partial charge in [-0.05, 0) is 0 Å². The normalized spacial score (nSPS) is 9.92. The first kappa shape index (κ1) is 9.24. The third-order valence-corrected chi connectivity index (χ3v) is 1.52. The van der Waals surface area contributed by atoms with Gasteiger partial charge in [0.05, 0.1) is 0 Å². The summed E-state index contributed by atoms with van der Waals surface area (Å²) in [5.41, 5.74) is -2.11. The minimum Gasteiger partial charge on any atom is -0.494 e. The van der Waals surface area contributed by atoms with Gasteiger partial charge >= 0.3 is 5.69 Å². The third kappa shape index (κ3) is 1.66. The fourth-order valence-corrected chi connectivity index (χ4v) is 0.910. The maximum Gasteiger partial charge on any atom is 0.328 e. The average molecular weight is 184 g/mol. The molecule has 1 rings (SSSR count). The average Bonchev–Trinajstić information content (AvgIpc) is 2.02. The van der Waals surface area contributed by atoms with E-state index < -0.39 is 28.5 Å². The predicted octanol–water partition coefficient (Wildman–Crippen LogP) is -0.639. The van der Waals surface area contributed by atoms with Gasteiger partial charge in [-0.2, -0.15) is 0 Å². The first-order chi connectivity index (χ1) is 6.06. The van der Waals surface area contributed by atoms with Crippen LogP contribution in [-0.4, -0.2) is 20.9 Å². The number of aromatic hydroxyl groups is 1. The minimum absolute atomic E-state index is 0.0860. The van der Waals surface area contributed by atoms with Crippen LogP contribution in [-0.2, 0) is 0 Å². The Labute approximate surface area is 72.2 Å². The molecule has 0 saturated carbocycles. The number of aromatic amines is 2. The molecule has 0 atom stereocenters. The van der Waals surface area contributed by atoms with Crippen molar-refractivity contribution < 1.29 is 9.90 Å². The SMILES string of the molecule is CCC(=O)c1c(O)[nH]c(=O)[nH]c1=O. The maximum atomic E-state index is 11.1. The van der Waals surface area contributed by atoms with Crippen molar-refractivity contribution in [3.05, 3.63) is 26.4 Å². The lowest BCUT2D eigenvalue weighted by Crippen LogP contribution is -2.27. The topological polar surface area (TPSA) is 103 Å². The maximum absolute atomic E-state index is 11.1.